The molecule has 1 aliphatic heterocycles. The molecular formula is C23H43N5O5. The normalized spacial score (nSPS) is 19.6. The maximum absolute atomic E-state index is 13.2. The lowest BCUT2D eigenvalue weighted by Gasteiger charge is -2.32. The van der Waals surface area contributed by atoms with Crippen LogP contribution in [0.15, 0.2) is 0 Å². The van der Waals surface area contributed by atoms with E-state index in [1.807, 2.05) is 27.7 Å². The molecule has 33 heavy (non-hydrogen) atoms. The fraction of sp³-hybridized carbons (Fsp3) is 0.826. The van der Waals surface area contributed by atoms with Crippen molar-refractivity contribution in [2.45, 2.75) is 96.8 Å². The minimum atomic E-state index is -1.04. The Kier molecular flexibility index (Phi) is 12.4. The summed E-state index contributed by atoms with van der Waals surface area (Å²) in [7, 11) is 0. The SMILES string of the molecule is CCC(C)C(NC(=O)C(CC(C)C)NC(=O)C(N)CCCCN)C(=O)N1CCCC1C(=O)O. The molecule has 0 aromatic carbocycles. The van der Waals surface area contributed by atoms with Crippen LogP contribution in [0.1, 0.15) is 72.6 Å². The van der Waals surface area contributed by atoms with E-state index in [0.717, 1.165) is 12.8 Å². The predicted octanol–water partition coefficient (Wildman–Crippen LogP) is 0.580. The highest BCUT2D eigenvalue weighted by molar-refractivity contribution is 5.94. The first-order valence-electron chi connectivity index (χ1n) is 12.1. The van der Waals surface area contributed by atoms with Gasteiger partial charge in [-0.3, -0.25) is 14.4 Å². The molecule has 0 radical (unpaired) electrons. The summed E-state index contributed by atoms with van der Waals surface area (Å²) in [6.45, 7) is 8.50. The highest BCUT2D eigenvalue weighted by Gasteiger charge is 2.40. The Hall–Kier alpha value is -2.20. The number of hydrogen-bond donors (Lipinski definition) is 5. The van der Waals surface area contributed by atoms with Crippen molar-refractivity contribution in [3.05, 3.63) is 0 Å². The van der Waals surface area contributed by atoms with E-state index in [9.17, 15) is 24.3 Å². The van der Waals surface area contributed by atoms with Crippen molar-refractivity contribution in [1.82, 2.24) is 15.5 Å². The quantitative estimate of drug-likeness (QED) is 0.232. The molecule has 0 spiro atoms. The number of nitrogens with one attached hydrogen (secondary N) is 2. The zero-order valence-electron chi connectivity index (χ0n) is 20.5. The standard InChI is InChI=1S/C23H43N5O5/c1-5-15(4)19(22(31)28-12-8-10-18(28)23(32)33)27-21(30)17(13-14(2)3)26-20(29)16(25)9-6-7-11-24/h14-19H,5-13,24-25H2,1-4H3,(H,26,29)(H,27,30)(H,32,33). The summed E-state index contributed by atoms with van der Waals surface area (Å²) >= 11 is 0. The predicted molar refractivity (Wildman–Crippen MR) is 126 cm³/mol. The van der Waals surface area contributed by atoms with Gasteiger partial charge < -0.3 is 32.1 Å². The summed E-state index contributed by atoms with van der Waals surface area (Å²) in [5.41, 5.74) is 11.5. The van der Waals surface area contributed by atoms with Crippen molar-refractivity contribution in [1.29, 1.82) is 0 Å². The summed E-state index contributed by atoms with van der Waals surface area (Å²) in [6, 6.07) is -3.33. The molecule has 10 heteroatoms. The lowest BCUT2D eigenvalue weighted by molar-refractivity contribution is -0.150. The van der Waals surface area contributed by atoms with Gasteiger partial charge in [0.15, 0.2) is 0 Å². The fourth-order valence-corrected chi connectivity index (χ4v) is 4.02. The van der Waals surface area contributed by atoms with Crippen LogP contribution in [0.3, 0.4) is 0 Å². The van der Waals surface area contributed by atoms with Crippen LogP contribution in [0.25, 0.3) is 0 Å². The molecule has 5 unspecified atom stereocenters. The minimum Gasteiger partial charge on any atom is -0.480 e. The average Bonchev–Trinajstić information content (AvgIpc) is 3.25. The third-order valence-corrected chi connectivity index (χ3v) is 6.24. The number of likely N-dealkylation sites (tertiary alicyclic amines) is 1. The number of carbonyl (C=O) groups is 4. The van der Waals surface area contributed by atoms with E-state index in [-0.39, 0.29) is 11.8 Å². The van der Waals surface area contributed by atoms with E-state index in [2.05, 4.69) is 10.6 Å². The third-order valence-electron chi connectivity index (χ3n) is 6.24. The van der Waals surface area contributed by atoms with Crippen LogP contribution in [-0.4, -0.2) is 71.0 Å². The number of hydrogen-bond acceptors (Lipinski definition) is 6. The van der Waals surface area contributed by atoms with Gasteiger partial charge in [0.2, 0.25) is 17.7 Å². The van der Waals surface area contributed by atoms with Crippen molar-refractivity contribution < 1.29 is 24.3 Å². The minimum absolute atomic E-state index is 0.113. The van der Waals surface area contributed by atoms with Gasteiger partial charge in [-0.15, -0.1) is 0 Å². The lowest BCUT2D eigenvalue weighted by atomic mass is 9.96. The highest BCUT2D eigenvalue weighted by Crippen LogP contribution is 2.21. The molecule has 10 nitrogen and oxygen atoms in total. The maximum Gasteiger partial charge on any atom is 0.326 e. The molecule has 3 amide bonds. The Balaban J connectivity index is 2.96. The fourth-order valence-electron chi connectivity index (χ4n) is 4.02. The van der Waals surface area contributed by atoms with Crippen molar-refractivity contribution >= 4 is 23.7 Å². The molecule has 1 heterocycles. The first-order chi connectivity index (χ1) is 15.5. The Labute approximate surface area is 197 Å². The van der Waals surface area contributed by atoms with Crippen molar-refractivity contribution in [3.8, 4) is 0 Å². The van der Waals surface area contributed by atoms with E-state index in [0.29, 0.717) is 45.2 Å². The van der Waals surface area contributed by atoms with Crippen LogP contribution in [0.4, 0.5) is 0 Å². The molecule has 0 aromatic heterocycles. The Morgan fingerprint density at radius 3 is 2.30 bits per heavy atom. The summed E-state index contributed by atoms with van der Waals surface area (Å²) in [5.74, 6) is -2.40. The topological polar surface area (TPSA) is 168 Å². The molecular weight excluding hydrogens is 426 g/mol. The number of carbonyl (C=O) groups excluding carboxylic acids is 3. The van der Waals surface area contributed by atoms with Gasteiger partial charge >= 0.3 is 5.97 Å². The van der Waals surface area contributed by atoms with Gasteiger partial charge in [-0.25, -0.2) is 4.79 Å². The second-order valence-electron chi connectivity index (χ2n) is 9.48. The van der Waals surface area contributed by atoms with Gasteiger partial charge in [0, 0.05) is 6.54 Å². The maximum atomic E-state index is 13.2. The van der Waals surface area contributed by atoms with Gasteiger partial charge in [0.05, 0.1) is 6.04 Å². The molecule has 5 atom stereocenters. The number of rotatable bonds is 14. The van der Waals surface area contributed by atoms with Crippen LogP contribution in [0.2, 0.25) is 0 Å². The van der Waals surface area contributed by atoms with Crippen molar-refractivity contribution in [2.75, 3.05) is 13.1 Å². The molecule has 1 aliphatic rings. The van der Waals surface area contributed by atoms with Crippen LogP contribution in [-0.2, 0) is 19.2 Å². The number of nitrogens with zero attached hydrogens (tertiary/aromatic N) is 1. The Morgan fingerprint density at radius 2 is 1.76 bits per heavy atom. The van der Waals surface area contributed by atoms with Crippen LogP contribution >= 0.6 is 0 Å². The van der Waals surface area contributed by atoms with Crippen molar-refractivity contribution in [3.63, 3.8) is 0 Å². The molecule has 0 bridgehead atoms. The zero-order valence-corrected chi connectivity index (χ0v) is 20.5. The van der Waals surface area contributed by atoms with Gasteiger partial charge in [-0.05, 0) is 50.5 Å². The number of unbranched alkanes of at least 4 members (excludes halogenated alkanes) is 1. The molecule has 0 aromatic rings. The summed E-state index contributed by atoms with van der Waals surface area (Å²) in [6.07, 6.45) is 3.97. The first-order valence-corrected chi connectivity index (χ1v) is 12.1. The van der Waals surface area contributed by atoms with Crippen LogP contribution in [0.5, 0.6) is 0 Å². The zero-order chi connectivity index (χ0) is 25.1. The Bertz CT molecular complexity index is 672. The van der Waals surface area contributed by atoms with E-state index < -0.39 is 47.9 Å². The van der Waals surface area contributed by atoms with E-state index in [1.54, 1.807) is 0 Å². The largest absolute Gasteiger partial charge is 0.480 e. The van der Waals surface area contributed by atoms with E-state index in [4.69, 9.17) is 11.5 Å². The first kappa shape index (κ1) is 28.8. The molecule has 0 saturated carbocycles. The van der Waals surface area contributed by atoms with Gasteiger partial charge in [-0.2, -0.15) is 0 Å². The van der Waals surface area contributed by atoms with Gasteiger partial charge in [-0.1, -0.05) is 40.5 Å². The third kappa shape index (κ3) is 8.92. The number of carboxylic acids is 1. The second-order valence-corrected chi connectivity index (χ2v) is 9.48. The summed E-state index contributed by atoms with van der Waals surface area (Å²) in [4.78, 5) is 51.9. The number of nitrogens with two attached hydrogens (primary N) is 2. The average molecular weight is 470 g/mol. The van der Waals surface area contributed by atoms with Crippen molar-refractivity contribution in [2.24, 2.45) is 23.3 Å². The second kappa shape index (κ2) is 14.1. The monoisotopic (exact) mass is 469 g/mol. The van der Waals surface area contributed by atoms with E-state index >= 15 is 0 Å². The van der Waals surface area contributed by atoms with Gasteiger partial charge in [0.25, 0.3) is 0 Å². The number of aliphatic carboxylic acids is 1. The summed E-state index contributed by atoms with van der Waals surface area (Å²) in [5, 5.41) is 15.0. The Morgan fingerprint density at radius 1 is 1.09 bits per heavy atom. The summed E-state index contributed by atoms with van der Waals surface area (Å²) < 4.78 is 0. The lowest BCUT2D eigenvalue weighted by Crippen LogP contribution is -2.58. The van der Waals surface area contributed by atoms with Crippen LogP contribution < -0.4 is 22.1 Å². The molecule has 1 saturated heterocycles. The molecule has 1 rings (SSSR count). The van der Waals surface area contributed by atoms with Crippen LogP contribution in [0, 0.1) is 11.8 Å². The smallest absolute Gasteiger partial charge is 0.326 e. The number of carboxylic acid groups (broad SMARTS) is 1. The highest BCUT2D eigenvalue weighted by atomic mass is 16.4. The molecule has 190 valence electrons. The molecule has 7 N–H and O–H groups in total. The molecule has 1 fully saturated rings. The number of amides is 3. The van der Waals surface area contributed by atoms with Gasteiger partial charge in [0.1, 0.15) is 18.1 Å². The molecule has 0 aliphatic carbocycles. The van der Waals surface area contributed by atoms with E-state index in [1.165, 1.54) is 4.90 Å².